The Morgan fingerprint density at radius 3 is 0.881 bits per heavy atom. The minimum atomic E-state index is -4.97. The second kappa shape index (κ2) is 71.8. The van der Waals surface area contributed by atoms with Gasteiger partial charge in [0.1, 0.15) is 19.3 Å². The molecule has 0 aromatic carbocycles. The fourth-order valence-corrected chi connectivity index (χ4v) is 13.7. The van der Waals surface area contributed by atoms with Crippen LogP contribution in [0.25, 0.3) is 0 Å². The first-order valence-corrected chi connectivity index (χ1v) is 44.7. The van der Waals surface area contributed by atoms with Crippen molar-refractivity contribution >= 4 is 39.5 Å². The number of carbonyl (C=O) groups is 4. The van der Waals surface area contributed by atoms with E-state index in [1.54, 1.807) is 0 Å². The van der Waals surface area contributed by atoms with E-state index in [-0.39, 0.29) is 25.7 Å². The highest BCUT2D eigenvalue weighted by molar-refractivity contribution is 7.47. The molecule has 0 aliphatic rings. The van der Waals surface area contributed by atoms with Crippen molar-refractivity contribution in [1.29, 1.82) is 0 Å². The van der Waals surface area contributed by atoms with E-state index >= 15 is 0 Å². The molecule has 0 aromatic heterocycles. The SMILES string of the molecule is CCCCCC/C=C\C=C/CCCCCCCC(=O)O[C@H](COC(=O)CCCCCCCCCCC(C)C)COP(=O)(O)OC[C@H](O)COP(=O)(O)OC[C@@H](COC(=O)CCCCCCCCCCCCCCCCC(C)C)OC(=O)CCCCCCCCCCCCCCCCC(C)CC. The highest BCUT2D eigenvalue weighted by Gasteiger charge is 2.30. The van der Waals surface area contributed by atoms with Gasteiger partial charge in [0, 0.05) is 25.7 Å². The highest BCUT2D eigenvalue weighted by atomic mass is 31.2. The summed E-state index contributed by atoms with van der Waals surface area (Å²) in [6.07, 6.45) is 63.2. The Kier molecular flexibility index (Phi) is 70.0. The Labute approximate surface area is 618 Å². The number of rotatable bonds is 78. The summed E-state index contributed by atoms with van der Waals surface area (Å²) in [6.45, 7) is 11.9. The molecule has 3 unspecified atom stereocenters. The van der Waals surface area contributed by atoms with Gasteiger partial charge >= 0.3 is 39.5 Å². The molecule has 3 N–H and O–H groups in total. The van der Waals surface area contributed by atoms with Crippen molar-refractivity contribution in [1.82, 2.24) is 0 Å². The second-order valence-corrected chi connectivity index (χ2v) is 32.9. The van der Waals surface area contributed by atoms with E-state index in [1.165, 1.54) is 193 Å². The zero-order valence-corrected chi connectivity index (χ0v) is 67.6. The molecule has 0 saturated heterocycles. The molecule has 101 heavy (non-hydrogen) atoms. The lowest BCUT2D eigenvalue weighted by molar-refractivity contribution is -0.161. The molecule has 0 amide bonds. The molecule has 0 bridgehead atoms. The molecular weight excluding hydrogens is 1320 g/mol. The van der Waals surface area contributed by atoms with Gasteiger partial charge in [0.2, 0.25) is 0 Å². The normalized spacial score (nSPS) is 14.4. The van der Waals surface area contributed by atoms with Gasteiger partial charge in [-0.1, -0.05) is 349 Å². The molecule has 0 radical (unpaired) electrons. The van der Waals surface area contributed by atoms with Gasteiger partial charge in [-0.2, -0.15) is 0 Å². The summed E-state index contributed by atoms with van der Waals surface area (Å²) in [5, 5.41) is 10.6. The van der Waals surface area contributed by atoms with E-state index in [9.17, 15) is 43.2 Å². The summed E-state index contributed by atoms with van der Waals surface area (Å²) in [6, 6.07) is 0. The lowest BCUT2D eigenvalue weighted by Gasteiger charge is -2.21. The van der Waals surface area contributed by atoms with Crippen LogP contribution < -0.4 is 0 Å². The third kappa shape index (κ3) is 74.2. The monoisotopic (exact) mass is 1480 g/mol. The van der Waals surface area contributed by atoms with Crippen LogP contribution in [0.3, 0.4) is 0 Å². The van der Waals surface area contributed by atoms with Crippen molar-refractivity contribution < 1.29 is 80.2 Å². The molecule has 0 spiro atoms. The maximum atomic E-state index is 13.1. The van der Waals surface area contributed by atoms with Gasteiger partial charge < -0.3 is 33.8 Å². The predicted octanol–water partition coefficient (Wildman–Crippen LogP) is 24.1. The number of allylic oxidation sites excluding steroid dienone is 4. The smallest absolute Gasteiger partial charge is 0.462 e. The molecule has 6 atom stereocenters. The number of aliphatic hydroxyl groups is 1. The van der Waals surface area contributed by atoms with Crippen LogP contribution in [0.1, 0.15) is 402 Å². The molecule has 19 heteroatoms. The van der Waals surface area contributed by atoms with Gasteiger partial charge in [-0.15, -0.1) is 0 Å². The molecule has 0 saturated carbocycles. The van der Waals surface area contributed by atoms with Crippen LogP contribution in [0, 0.1) is 17.8 Å². The van der Waals surface area contributed by atoms with Crippen LogP contribution in [0.4, 0.5) is 0 Å². The number of aliphatic hydroxyl groups excluding tert-OH is 1. The van der Waals surface area contributed by atoms with Gasteiger partial charge in [0.05, 0.1) is 26.4 Å². The molecule has 596 valence electrons. The number of hydrogen-bond donors (Lipinski definition) is 3. The van der Waals surface area contributed by atoms with E-state index in [1.807, 2.05) is 0 Å². The van der Waals surface area contributed by atoms with Gasteiger partial charge in [-0.05, 0) is 69.1 Å². The van der Waals surface area contributed by atoms with E-state index in [0.717, 1.165) is 127 Å². The molecule has 0 aliphatic carbocycles. The van der Waals surface area contributed by atoms with Crippen LogP contribution in [0.15, 0.2) is 24.3 Å². The van der Waals surface area contributed by atoms with E-state index in [4.69, 9.17) is 37.0 Å². The van der Waals surface area contributed by atoms with Gasteiger partial charge in [0.15, 0.2) is 12.2 Å². The Morgan fingerprint density at radius 2 is 0.584 bits per heavy atom. The van der Waals surface area contributed by atoms with Crippen molar-refractivity contribution in [3.8, 4) is 0 Å². The first-order valence-electron chi connectivity index (χ1n) is 41.7. The Morgan fingerprint density at radius 1 is 0.327 bits per heavy atom. The average molecular weight is 1480 g/mol. The third-order valence-electron chi connectivity index (χ3n) is 18.9. The summed E-state index contributed by atoms with van der Waals surface area (Å²) in [4.78, 5) is 73.1. The Hall–Kier alpha value is -2.46. The Bertz CT molecular complexity index is 2050. The quantitative estimate of drug-likeness (QED) is 0.0169. The van der Waals surface area contributed by atoms with Crippen LogP contribution in [-0.2, 0) is 65.4 Å². The summed E-state index contributed by atoms with van der Waals surface area (Å²) in [5.41, 5.74) is 0. The third-order valence-corrected chi connectivity index (χ3v) is 20.8. The van der Waals surface area contributed by atoms with Crippen LogP contribution in [0.5, 0.6) is 0 Å². The zero-order valence-electron chi connectivity index (χ0n) is 65.9. The van der Waals surface area contributed by atoms with Crippen molar-refractivity contribution in [2.24, 2.45) is 17.8 Å². The Balaban J connectivity index is 5.29. The van der Waals surface area contributed by atoms with Crippen molar-refractivity contribution in [3.63, 3.8) is 0 Å². The number of phosphoric acid groups is 2. The fourth-order valence-electron chi connectivity index (χ4n) is 12.1. The largest absolute Gasteiger partial charge is 0.472 e. The first kappa shape index (κ1) is 98.5. The van der Waals surface area contributed by atoms with Crippen LogP contribution in [0.2, 0.25) is 0 Å². The minimum Gasteiger partial charge on any atom is -0.462 e. The minimum absolute atomic E-state index is 0.0844. The molecule has 0 rings (SSSR count). The van der Waals surface area contributed by atoms with Crippen molar-refractivity contribution in [2.45, 2.75) is 420 Å². The number of unbranched alkanes of at least 4 members (excludes halogenated alkanes) is 42. The number of phosphoric ester groups is 2. The number of hydrogen-bond acceptors (Lipinski definition) is 15. The van der Waals surface area contributed by atoms with E-state index in [2.05, 4.69) is 72.8 Å². The van der Waals surface area contributed by atoms with Crippen molar-refractivity contribution in [2.75, 3.05) is 39.6 Å². The summed E-state index contributed by atoms with van der Waals surface area (Å²) < 4.78 is 68.7. The maximum Gasteiger partial charge on any atom is 0.472 e. The molecule has 0 aliphatic heterocycles. The van der Waals surface area contributed by atoms with E-state index in [0.29, 0.717) is 25.7 Å². The maximum absolute atomic E-state index is 13.1. The zero-order chi connectivity index (χ0) is 74.4. The average Bonchev–Trinajstić information content (AvgIpc) is 0.912. The van der Waals surface area contributed by atoms with Crippen molar-refractivity contribution in [3.05, 3.63) is 24.3 Å². The molecular formula is C82H156O17P2. The standard InChI is InChI=1S/C82H156O17P2/c1-8-10-11-12-13-14-15-16-17-25-30-35-44-51-58-65-82(87)99-78(70-93-80(85)64-57-50-43-38-37-40-47-54-61-74(5)6)72-97-101(90,91)95-68-76(83)67-94-100(88,89)96-71-77(69-92-79(84)63-56-49-42-34-29-24-20-18-22-27-32-39-46-53-60-73(3)4)98-81(86)66-59-52-45-36-31-26-21-19-23-28-33-41-48-55-62-75(7)9-2/h14-17,73-78,83H,8-13,18-72H2,1-7H3,(H,88,89)(H,90,91)/b15-14-,17-16-/t75?,76-,77-,78-/m1/s1. The summed E-state index contributed by atoms with van der Waals surface area (Å²) >= 11 is 0. The number of esters is 4. The van der Waals surface area contributed by atoms with Gasteiger partial charge in [-0.3, -0.25) is 37.3 Å². The van der Waals surface area contributed by atoms with E-state index < -0.39 is 97.5 Å². The van der Waals surface area contributed by atoms with Crippen LogP contribution >= 0.6 is 15.6 Å². The highest BCUT2D eigenvalue weighted by Crippen LogP contribution is 2.45. The number of carbonyl (C=O) groups excluding carboxylic acids is 4. The first-order chi connectivity index (χ1) is 48.8. The lowest BCUT2D eigenvalue weighted by Crippen LogP contribution is -2.30. The second-order valence-electron chi connectivity index (χ2n) is 30.0. The molecule has 0 aromatic rings. The molecule has 17 nitrogen and oxygen atoms in total. The predicted molar refractivity (Wildman–Crippen MR) is 414 cm³/mol. The van der Waals surface area contributed by atoms with Gasteiger partial charge in [0.25, 0.3) is 0 Å². The fraction of sp³-hybridized carbons (Fsp3) is 0.902. The molecule has 0 fully saturated rings. The van der Waals surface area contributed by atoms with Gasteiger partial charge in [-0.25, -0.2) is 9.13 Å². The summed E-state index contributed by atoms with van der Waals surface area (Å²) in [7, 11) is -9.94. The summed E-state index contributed by atoms with van der Waals surface area (Å²) in [5.74, 6) is 0.225. The van der Waals surface area contributed by atoms with Crippen LogP contribution in [-0.4, -0.2) is 96.7 Å². The topological polar surface area (TPSA) is 237 Å². The lowest BCUT2D eigenvalue weighted by atomic mass is 9.99. The molecule has 0 heterocycles. The number of ether oxygens (including phenoxy) is 4.